The number of carbonyl (C=O) groups excluding carboxylic acids is 1. The number of aromatic amines is 1. The topological polar surface area (TPSA) is 53.2 Å². The van der Waals surface area contributed by atoms with Gasteiger partial charge in [-0.3, -0.25) is 9.59 Å². The zero-order valence-electron chi connectivity index (χ0n) is 13.6. The summed E-state index contributed by atoms with van der Waals surface area (Å²) in [6.07, 6.45) is 6.28. The Morgan fingerprint density at radius 1 is 1.26 bits per heavy atom. The summed E-state index contributed by atoms with van der Waals surface area (Å²) in [5, 5.41) is 0. The first kappa shape index (κ1) is 16.7. The van der Waals surface area contributed by atoms with Crippen LogP contribution in [0.3, 0.4) is 0 Å². The maximum absolute atomic E-state index is 12.6. The molecule has 0 fully saturated rings. The van der Waals surface area contributed by atoms with Crippen LogP contribution in [-0.4, -0.2) is 28.9 Å². The van der Waals surface area contributed by atoms with E-state index in [0.717, 1.165) is 17.7 Å². The summed E-state index contributed by atoms with van der Waals surface area (Å²) in [6.45, 7) is 4.91. The van der Waals surface area contributed by atoms with E-state index in [1.165, 1.54) is 12.3 Å². The van der Waals surface area contributed by atoms with E-state index in [2.05, 4.69) is 4.98 Å². The van der Waals surface area contributed by atoms with Crippen LogP contribution >= 0.6 is 0 Å². The quantitative estimate of drug-likeness (QED) is 0.890. The second-order valence-electron chi connectivity index (χ2n) is 5.46. The Labute approximate surface area is 136 Å². The van der Waals surface area contributed by atoms with Gasteiger partial charge in [0.2, 0.25) is 0 Å². The third kappa shape index (κ3) is 4.68. The summed E-state index contributed by atoms with van der Waals surface area (Å²) >= 11 is 0. The highest BCUT2D eigenvalue weighted by molar-refractivity contribution is 5.94. The number of pyridine rings is 1. The predicted octanol–water partition coefficient (Wildman–Crippen LogP) is 3.25. The van der Waals surface area contributed by atoms with Gasteiger partial charge in [0.1, 0.15) is 5.56 Å². The van der Waals surface area contributed by atoms with Gasteiger partial charge in [-0.15, -0.1) is 0 Å². The highest BCUT2D eigenvalue weighted by Crippen LogP contribution is 2.05. The number of carbonyl (C=O) groups is 1. The molecule has 0 bridgehead atoms. The fourth-order valence-corrected chi connectivity index (χ4v) is 2.34. The summed E-state index contributed by atoms with van der Waals surface area (Å²) in [4.78, 5) is 29.2. The first-order valence-electron chi connectivity index (χ1n) is 7.82. The van der Waals surface area contributed by atoms with Gasteiger partial charge in [0.15, 0.2) is 5.43 Å². The molecule has 1 heterocycles. The van der Waals surface area contributed by atoms with Gasteiger partial charge in [-0.1, -0.05) is 49.4 Å². The number of hydrogen-bond acceptors (Lipinski definition) is 2. The van der Waals surface area contributed by atoms with Crippen molar-refractivity contribution in [3.63, 3.8) is 0 Å². The average Bonchev–Trinajstić information content (AvgIpc) is 2.54. The SMILES string of the molecule is CCCN(CC=Cc1ccccc1)C(=O)c1c[nH]c(C)cc1=O. The molecule has 0 aliphatic rings. The minimum Gasteiger partial charge on any atom is -0.364 e. The second-order valence-corrected chi connectivity index (χ2v) is 5.46. The number of nitrogens with one attached hydrogen (secondary N) is 1. The number of benzene rings is 1. The van der Waals surface area contributed by atoms with Crippen molar-refractivity contribution in [2.75, 3.05) is 13.1 Å². The number of hydrogen-bond donors (Lipinski definition) is 1. The van der Waals surface area contributed by atoms with Gasteiger partial charge < -0.3 is 9.88 Å². The molecule has 1 aromatic carbocycles. The molecule has 0 saturated heterocycles. The van der Waals surface area contributed by atoms with Crippen molar-refractivity contribution in [2.45, 2.75) is 20.3 Å². The Hall–Kier alpha value is -2.62. The van der Waals surface area contributed by atoms with Gasteiger partial charge in [-0.25, -0.2) is 0 Å². The standard InChI is InChI=1S/C19H22N2O2/c1-3-11-21(12-7-10-16-8-5-4-6-9-16)19(23)17-14-20-15(2)13-18(17)22/h4-10,13-14H,3,11-12H2,1-2H3,(H,20,22). The average molecular weight is 310 g/mol. The maximum Gasteiger partial charge on any atom is 0.259 e. The number of nitrogens with zero attached hydrogens (tertiary/aromatic N) is 1. The van der Waals surface area contributed by atoms with Crippen LogP contribution in [0.5, 0.6) is 0 Å². The van der Waals surface area contributed by atoms with E-state index < -0.39 is 0 Å². The lowest BCUT2D eigenvalue weighted by molar-refractivity contribution is 0.0772. The third-order valence-electron chi connectivity index (χ3n) is 3.50. The normalized spacial score (nSPS) is 10.9. The monoisotopic (exact) mass is 310 g/mol. The first-order chi connectivity index (χ1) is 11.1. The van der Waals surface area contributed by atoms with Crippen molar-refractivity contribution in [1.82, 2.24) is 9.88 Å². The number of rotatable bonds is 6. The molecule has 0 unspecified atom stereocenters. The molecular weight excluding hydrogens is 288 g/mol. The smallest absolute Gasteiger partial charge is 0.259 e. The lowest BCUT2D eigenvalue weighted by Gasteiger charge is -2.20. The zero-order chi connectivity index (χ0) is 16.7. The van der Waals surface area contributed by atoms with Crippen molar-refractivity contribution < 1.29 is 4.79 Å². The molecule has 4 heteroatoms. The second kappa shape index (κ2) is 8.13. The number of amides is 1. The molecule has 0 aliphatic carbocycles. The van der Waals surface area contributed by atoms with Crippen molar-refractivity contribution in [1.29, 1.82) is 0 Å². The molecule has 0 spiro atoms. The van der Waals surface area contributed by atoms with E-state index in [1.54, 1.807) is 11.8 Å². The maximum atomic E-state index is 12.6. The number of H-pyrrole nitrogens is 1. The Morgan fingerprint density at radius 2 is 2.00 bits per heavy atom. The fraction of sp³-hybridized carbons (Fsp3) is 0.263. The largest absolute Gasteiger partial charge is 0.364 e. The Bertz CT molecular complexity index is 733. The van der Waals surface area contributed by atoms with Crippen LogP contribution in [0.1, 0.15) is 35.0 Å². The predicted molar refractivity (Wildman–Crippen MR) is 93.5 cm³/mol. The Kier molecular flexibility index (Phi) is 5.92. The van der Waals surface area contributed by atoms with Crippen molar-refractivity contribution in [3.8, 4) is 0 Å². The summed E-state index contributed by atoms with van der Waals surface area (Å²) in [6, 6.07) is 11.4. The molecule has 2 aromatic rings. The van der Waals surface area contributed by atoms with Crippen LogP contribution < -0.4 is 5.43 Å². The van der Waals surface area contributed by atoms with Crippen LogP contribution in [0, 0.1) is 6.92 Å². The van der Waals surface area contributed by atoms with Gasteiger partial charge >= 0.3 is 0 Å². The first-order valence-corrected chi connectivity index (χ1v) is 7.82. The molecule has 1 amide bonds. The molecule has 1 N–H and O–H groups in total. The lowest BCUT2D eigenvalue weighted by Crippen LogP contribution is -2.35. The van der Waals surface area contributed by atoms with Crippen LogP contribution in [0.25, 0.3) is 6.08 Å². The molecule has 4 nitrogen and oxygen atoms in total. The Balaban J connectivity index is 2.12. The number of aryl methyl sites for hydroxylation is 1. The fourth-order valence-electron chi connectivity index (χ4n) is 2.34. The van der Waals surface area contributed by atoms with Gasteiger partial charge in [0.25, 0.3) is 5.91 Å². The minimum atomic E-state index is -0.237. The number of aromatic nitrogens is 1. The van der Waals surface area contributed by atoms with Crippen molar-refractivity contribution in [2.24, 2.45) is 0 Å². The van der Waals surface area contributed by atoms with Crippen LogP contribution in [0.2, 0.25) is 0 Å². The van der Waals surface area contributed by atoms with E-state index in [1.807, 2.05) is 49.4 Å². The third-order valence-corrected chi connectivity index (χ3v) is 3.50. The molecule has 0 atom stereocenters. The van der Waals surface area contributed by atoms with Crippen molar-refractivity contribution >= 4 is 12.0 Å². The van der Waals surface area contributed by atoms with Gasteiger partial charge in [0.05, 0.1) is 0 Å². The van der Waals surface area contributed by atoms with Crippen LogP contribution in [0.15, 0.2) is 53.5 Å². The van der Waals surface area contributed by atoms with Crippen molar-refractivity contribution in [3.05, 3.63) is 75.7 Å². The Morgan fingerprint density at radius 3 is 2.65 bits per heavy atom. The zero-order valence-corrected chi connectivity index (χ0v) is 13.6. The summed E-state index contributed by atoms with van der Waals surface area (Å²) in [5.41, 5.74) is 1.79. The molecular formula is C19H22N2O2. The highest BCUT2D eigenvalue weighted by Gasteiger charge is 2.16. The molecule has 1 aromatic heterocycles. The molecule has 0 radical (unpaired) electrons. The van der Waals surface area contributed by atoms with E-state index >= 15 is 0 Å². The molecule has 2 rings (SSSR count). The minimum absolute atomic E-state index is 0.192. The van der Waals surface area contributed by atoms with Crippen LogP contribution in [0.4, 0.5) is 0 Å². The summed E-state index contributed by atoms with van der Waals surface area (Å²) < 4.78 is 0. The van der Waals surface area contributed by atoms with E-state index in [4.69, 9.17) is 0 Å². The molecule has 0 saturated carbocycles. The molecule has 23 heavy (non-hydrogen) atoms. The highest BCUT2D eigenvalue weighted by atomic mass is 16.2. The van der Waals surface area contributed by atoms with Gasteiger partial charge in [-0.05, 0) is 18.9 Å². The van der Waals surface area contributed by atoms with E-state index in [0.29, 0.717) is 13.1 Å². The van der Waals surface area contributed by atoms with E-state index in [9.17, 15) is 9.59 Å². The van der Waals surface area contributed by atoms with Gasteiger partial charge in [0, 0.05) is 31.0 Å². The molecule has 120 valence electrons. The lowest BCUT2D eigenvalue weighted by atomic mass is 10.2. The van der Waals surface area contributed by atoms with E-state index in [-0.39, 0.29) is 16.9 Å². The summed E-state index contributed by atoms with van der Waals surface area (Å²) in [5.74, 6) is -0.231. The van der Waals surface area contributed by atoms with Crippen LogP contribution in [-0.2, 0) is 0 Å². The molecule has 0 aliphatic heterocycles. The summed E-state index contributed by atoms with van der Waals surface area (Å²) in [7, 11) is 0. The van der Waals surface area contributed by atoms with Gasteiger partial charge in [-0.2, -0.15) is 0 Å².